The molecular weight excluding hydrogens is 432 g/mol. The van der Waals surface area contributed by atoms with Crippen molar-refractivity contribution in [3.8, 4) is 0 Å². The fourth-order valence-electron chi connectivity index (χ4n) is 2.77. The molecule has 0 aliphatic rings. The lowest BCUT2D eigenvalue weighted by atomic mass is 10.1. The number of nitrogens with one attached hydrogen (secondary N) is 2. The molecule has 0 aliphatic heterocycles. The Morgan fingerprint density at radius 1 is 0.938 bits per heavy atom. The van der Waals surface area contributed by atoms with Crippen molar-refractivity contribution in [2.45, 2.75) is 13.3 Å². The number of amides is 2. The van der Waals surface area contributed by atoms with Crippen LogP contribution in [0, 0.1) is 10.1 Å². The van der Waals surface area contributed by atoms with Gasteiger partial charge in [-0.2, -0.15) is 5.10 Å². The van der Waals surface area contributed by atoms with E-state index in [4.69, 9.17) is 11.6 Å². The van der Waals surface area contributed by atoms with Crippen molar-refractivity contribution in [2.75, 3.05) is 5.32 Å². The van der Waals surface area contributed by atoms with E-state index in [2.05, 4.69) is 15.8 Å². The van der Waals surface area contributed by atoms with Gasteiger partial charge in [-0.1, -0.05) is 35.9 Å². The lowest BCUT2D eigenvalue weighted by Gasteiger charge is -2.07. The van der Waals surface area contributed by atoms with Gasteiger partial charge in [0, 0.05) is 28.4 Å². The van der Waals surface area contributed by atoms with E-state index < -0.39 is 4.92 Å². The van der Waals surface area contributed by atoms with Gasteiger partial charge < -0.3 is 5.32 Å². The second-order valence-electron chi connectivity index (χ2n) is 6.87. The number of nitro benzene ring substituents is 1. The van der Waals surface area contributed by atoms with Crippen molar-refractivity contribution in [3.05, 3.63) is 105 Å². The third-order valence-electron chi connectivity index (χ3n) is 4.53. The maximum Gasteiger partial charge on any atom is 0.269 e. The largest absolute Gasteiger partial charge is 0.322 e. The highest BCUT2D eigenvalue weighted by Gasteiger charge is 2.08. The average molecular weight is 451 g/mol. The summed E-state index contributed by atoms with van der Waals surface area (Å²) in [6.07, 6.45) is 0.0461. The van der Waals surface area contributed by atoms with Gasteiger partial charge in [0.05, 0.1) is 17.1 Å². The van der Waals surface area contributed by atoms with Gasteiger partial charge in [-0.25, -0.2) is 5.43 Å². The topological polar surface area (TPSA) is 114 Å². The highest BCUT2D eigenvalue weighted by atomic mass is 35.5. The summed E-state index contributed by atoms with van der Waals surface area (Å²) in [4.78, 5) is 34.5. The molecule has 3 aromatic carbocycles. The maximum atomic E-state index is 12.3. The zero-order valence-corrected chi connectivity index (χ0v) is 17.8. The fourth-order valence-corrected chi connectivity index (χ4v) is 2.90. The van der Waals surface area contributed by atoms with Gasteiger partial charge in [-0.05, 0) is 54.4 Å². The molecule has 3 rings (SSSR count). The Bertz CT molecular complexity index is 1160. The van der Waals surface area contributed by atoms with Gasteiger partial charge >= 0.3 is 0 Å². The second-order valence-corrected chi connectivity index (χ2v) is 7.31. The molecule has 2 amide bonds. The Labute approximate surface area is 189 Å². The number of anilines is 1. The fraction of sp³-hybridized carbons (Fsp3) is 0.0870. The normalized spacial score (nSPS) is 11.0. The van der Waals surface area contributed by atoms with Crippen LogP contribution in [0.3, 0.4) is 0 Å². The molecule has 0 spiro atoms. The van der Waals surface area contributed by atoms with Crippen LogP contribution in [0.25, 0.3) is 0 Å². The molecule has 32 heavy (non-hydrogen) atoms. The van der Waals surface area contributed by atoms with Crippen LogP contribution in [0.1, 0.15) is 28.4 Å². The number of carbonyl (C=O) groups is 2. The van der Waals surface area contributed by atoms with Crippen LogP contribution in [0.15, 0.2) is 77.9 Å². The van der Waals surface area contributed by atoms with Crippen molar-refractivity contribution in [1.29, 1.82) is 0 Å². The molecule has 0 atom stereocenters. The summed E-state index contributed by atoms with van der Waals surface area (Å²) < 4.78 is 0. The minimum absolute atomic E-state index is 0.0316. The predicted octanol–water partition coefficient (Wildman–Crippen LogP) is 4.58. The maximum absolute atomic E-state index is 12.3. The van der Waals surface area contributed by atoms with E-state index in [0.29, 0.717) is 27.5 Å². The van der Waals surface area contributed by atoms with Gasteiger partial charge in [0.25, 0.3) is 11.6 Å². The van der Waals surface area contributed by atoms with Crippen molar-refractivity contribution in [3.63, 3.8) is 0 Å². The quantitative estimate of drug-likeness (QED) is 0.311. The number of non-ortho nitro benzene ring substituents is 1. The Morgan fingerprint density at radius 3 is 2.12 bits per heavy atom. The minimum Gasteiger partial charge on any atom is -0.322 e. The van der Waals surface area contributed by atoms with Crippen LogP contribution in [0.2, 0.25) is 5.02 Å². The molecule has 3 aromatic rings. The average Bonchev–Trinajstić information content (AvgIpc) is 2.78. The van der Waals surface area contributed by atoms with Crippen LogP contribution in [0.4, 0.5) is 11.4 Å². The Kier molecular flexibility index (Phi) is 7.30. The Balaban J connectivity index is 1.55. The molecule has 0 radical (unpaired) electrons. The van der Waals surface area contributed by atoms with Gasteiger partial charge in [0.2, 0.25) is 5.91 Å². The molecule has 0 bridgehead atoms. The number of nitro groups is 1. The number of carbonyl (C=O) groups excluding carboxylic acids is 2. The molecule has 0 saturated carbocycles. The monoisotopic (exact) mass is 450 g/mol. The van der Waals surface area contributed by atoms with E-state index in [0.717, 1.165) is 5.56 Å². The van der Waals surface area contributed by atoms with E-state index in [9.17, 15) is 19.7 Å². The van der Waals surface area contributed by atoms with Gasteiger partial charge in [0.1, 0.15) is 0 Å². The third-order valence-corrected chi connectivity index (χ3v) is 4.78. The number of hydrogen-bond acceptors (Lipinski definition) is 5. The lowest BCUT2D eigenvalue weighted by molar-refractivity contribution is -0.384. The van der Waals surface area contributed by atoms with Crippen LogP contribution in [-0.4, -0.2) is 22.4 Å². The number of benzene rings is 3. The highest BCUT2D eigenvalue weighted by Crippen LogP contribution is 2.15. The van der Waals surface area contributed by atoms with Crippen molar-refractivity contribution in [1.82, 2.24) is 5.43 Å². The van der Waals surface area contributed by atoms with Crippen molar-refractivity contribution < 1.29 is 14.5 Å². The smallest absolute Gasteiger partial charge is 0.269 e. The number of hydrogen-bond donors (Lipinski definition) is 2. The first-order valence-electron chi connectivity index (χ1n) is 9.55. The Hall–Kier alpha value is -4.04. The summed E-state index contributed by atoms with van der Waals surface area (Å²) in [6, 6.07) is 19.4. The Morgan fingerprint density at radius 2 is 1.53 bits per heavy atom. The molecule has 2 N–H and O–H groups in total. The second kappa shape index (κ2) is 10.3. The summed E-state index contributed by atoms with van der Waals surface area (Å²) in [5, 5.41) is 18.1. The number of hydrazone groups is 1. The molecule has 0 heterocycles. The molecule has 0 unspecified atom stereocenters. The summed E-state index contributed by atoms with van der Waals surface area (Å²) in [6.45, 7) is 1.74. The van der Waals surface area contributed by atoms with E-state index in [-0.39, 0.29) is 23.9 Å². The van der Waals surface area contributed by atoms with Crippen molar-refractivity contribution in [2.24, 2.45) is 5.10 Å². The zero-order chi connectivity index (χ0) is 23.1. The summed E-state index contributed by atoms with van der Waals surface area (Å²) in [5.74, 6) is -0.594. The number of rotatable bonds is 7. The van der Waals surface area contributed by atoms with E-state index in [1.165, 1.54) is 24.3 Å². The molecule has 0 aromatic heterocycles. The van der Waals surface area contributed by atoms with E-state index in [1.807, 2.05) is 0 Å². The first-order valence-corrected chi connectivity index (χ1v) is 9.93. The molecule has 162 valence electrons. The third kappa shape index (κ3) is 6.23. The SMILES string of the molecule is C/C(=N/NC(=O)Cc1ccc([N+](=O)[O-])cc1)c1ccc(NC(=O)c2ccc(Cl)cc2)cc1. The lowest BCUT2D eigenvalue weighted by Crippen LogP contribution is -2.21. The van der Waals surface area contributed by atoms with Crippen molar-refractivity contribution >= 4 is 40.5 Å². The van der Waals surface area contributed by atoms with Crippen LogP contribution in [0.5, 0.6) is 0 Å². The van der Waals surface area contributed by atoms with E-state index in [1.54, 1.807) is 55.5 Å². The van der Waals surface area contributed by atoms with Crippen LogP contribution < -0.4 is 10.7 Å². The molecule has 8 nitrogen and oxygen atoms in total. The number of nitrogens with zero attached hydrogens (tertiary/aromatic N) is 2. The molecule has 0 saturated heterocycles. The first-order chi connectivity index (χ1) is 15.3. The van der Waals surface area contributed by atoms with Gasteiger partial charge in [-0.3, -0.25) is 19.7 Å². The van der Waals surface area contributed by atoms with E-state index >= 15 is 0 Å². The highest BCUT2D eigenvalue weighted by molar-refractivity contribution is 6.30. The summed E-state index contributed by atoms with van der Waals surface area (Å²) >= 11 is 5.83. The van der Waals surface area contributed by atoms with Gasteiger partial charge in [0.15, 0.2) is 0 Å². The predicted molar refractivity (Wildman–Crippen MR) is 123 cm³/mol. The number of halogens is 1. The first kappa shape index (κ1) is 22.6. The molecule has 0 aliphatic carbocycles. The zero-order valence-electron chi connectivity index (χ0n) is 17.0. The van der Waals surface area contributed by atoms with Crippen LogP contribution >= 0.6 is 11.6 Å². The molecule has 0 fully saturated rings. The minimum atomic E-state index is -0.494. The van der Waals surface area contributed by atoms with Crippen LogP contribution in [-0.2, 0) is 11.2 Å². The van der Waals surface area contributed by atoms with Gasteiger partial charge in [-0.15, -0.1) is 0 Å². The molecule has 9 heteroatoms. The summed E-state index contributed by atoms with van der Waals surface area (Å²) in [5.41, 5.74) is 5.54. The standard InChI is InChI=1S/C23H19ClN4O4/c1-15(26-27-22(29)14-16-2-12-21(13-3-16)28(31)32)17-6-10-20(11-7-17)25-23(30)18-4-8-19(24)9-5-18/h2-13H,14H2,1H3,(H,25,30)(H,27,29)/b26-15-. The summed E-state index contributed by atoms with van der Waals surface area (Å²) in [7, 11) is 0. The molecular formula is C23H19ClN4O4.